The van der Waals surface area contributed by atoms with Gasteiger partial charge in [0.2, 0.25) is 0 Å². The van der Waals surface area contributed by atoms with Crippen LogP contribution < -0.4 is 0 Å². The summed E-state index contributed by atoms with van der Waals surface area (Å²) in [6.07, 6.45) is 5.67. The van der Waals surface area contributed by atoms with Crippen molar-refractivity contribution in [1.29, 1.82) is 0 Å². The van der Waals surface area contributed by atoms with Gasteiger partial charge in [-0.25, -0.2) is 0 Å². The fourth-order valence-corrected chi connectivity index (χ4v) is 2.11. The summed E-state index contributed by atoms with van der Waals surface area (Å²) in [6.45, 7) is 2.69. The summed E-state index contributed by atoms with van der Waals surface area (Å²) in [7, 11) is 0. The van der Waals surface area contributed by atoms with Gasteiger partial charge in [0, 0.05) is 24.9 Å². The van der Waals surface area contributed by atoms with Crippen molar-refractivity contribution in [3.8, 4) is 0 Å². The summed E-state index contributed by atoms with van der Waals surface area (Å²) in [6, 6.07) is 0. The van der Waals surface area contributed by atoms with Crippen LogP contribution >= 0.6 is 0 Å². The summed E-state index contributed by atoms with van der Waals surface area (Å²) in [5.41, 5.74) is 0.901. The van der Waals surface area contributed by atoms with E-state index in [2.05, 4.69) is 0 Å². The molecule has 2 heterocycles. The molecule has 2 rings (SSSR count). The van der Waals surface area contributed by atoms with E-state index >= 15 is 0 Å². The molecule has 2 aliphatic heterocycles. The zero-order valence-corrected chi connectivity index (χ0v) is 9.63. The van der Waals surface area contributed by atoms with Gasteiger partial charge in [-0.3, -0.25) is 9.59 Å². The average Bonchev–Trinajstić information content (AvgIpc) is 2.71. The maximum absolute atomic E-state index is 11.6. The van der Waals surface area contributed by atoms with Crippen LogP contribution in [-0.2, 0) is 14.3 Å². The van der Waals surface area contributed by atoms with Gasteiger partial charge in [-0.05, 0) is 13.0 Å². The average molecular weight is 237 g/mol. The Morgan fingerprint density at radius 3 is 2.94 bits per heavy atom. The minimum atomic E-state index is -0.832. The highest BCUT2D eigenvalue weighted by molar-refractivity contribution is 5.76. The van der Waals surface area contributed by atoms with Crippen molar-refractivity contribution in [2.45, 2.75) is 13.3 Å². The number of carbonyl (C=O) groups excluding carboxylic acids is 1. The van der Waals surface area contributed by atoms with E-state index in [9.17, 15) is 9.59 Å². The molecule has 0 amide bonds. The Labute approximate surface area is 99.4 Å². The van der Waals surface area contributed by atoms with Gasteiger partial charge in [-0.1, -0.05) is 6.08 Å². The first-order chi connectivity index (χ1) is 8.11. The first-order valence-corrected chi connectivity index (χ1v) is 5.67. The molecule has 0 bridgehead atoms. The fraction of sp³-hybridized carbons (Fsp3) is 0.500. The molecule has 17 heavy (non-hydrogen) atoms. The minimum absolute atomic E-state index is 0.241. The number of rotatable bonds is 3. The van der Waals surface area contributed by atoms with Crippen LogP contribution in [0.5, 0.6) is 0 Å². The predicted molar refractivity (Wildman–Crippen MR) is 59.8 cm³/mol. The molecule has 0 aliphatic carbocycles. The molecule has 1 unspecified atom stereocenters. The molecule has 1 N–H and O–H groups in total. The number of carboxylic acid groups (broad SMARTS) is 1. The van der Waals surface area contributed by atoms with Gasteiger partial charge in [0.15, 0.2) is 0 Å². The highest BCUT2D eigenvalue weighted by Gasteiger charge is 2.32. The van der Waals surface area contributed by atoms with Crippen molar-refractivity contribution < 1.29 is 19.4 Å². The number of carboxylic acids is 1. The van der Waals surface area contributed by atoms with Crippen LogP contribution in [0, 0.1) is 11.8 Å². The number of carbonyl (C=O) groups is 2. The third kappa shape index (κ3) is 2.33. The Morgan fingerprint density at radius 1 is 1.53 bits per heavy atom. The summed E-state index contributed by atoms with van der Waals surface area (Å²) in [5.74, 6) is -1.84. The first kappa shape index (κ1) is 11.7. The molecule has 0 aromatic carbocycles. The molecular weight excluding hydrogens is 222 g/mol. The molecule has 0 aromatic rings. The zero-order valence-electron chi connectivity index (χ0n) is 9.63. The first-order valence-electron chi connectivity index (χ1n) is 5.67. The minimum Gasteiger partial charge on any atom is -0.481 e. The lowest BCUT2D eigenvalue weighted by molar-refractivity contribution is -0.146. The second-order valence-electron chi connectivity index (χ2n) is 4.16. The zero-order chi connectivity index (χ0) is 12.4. The highest BCUT2D eigenvalue weighted by atomic mass is 16.5. The summed E-state index contributed by atoms with van der Waals surface area (Å²) in [4.78, 5) is 24.4. The molecule has 5 heteroatoms. The number of hydrogen-bond acceptors (Lipinski definition) is 4. The van der Waals surface area contributed by atoms with E-state index in [0.29, 0.717) is 19.6 Å². The third-order valence-electron chi connectivity index (χ3n) is 2.99. The highest BCUT2D eigenvalue weighted by Crippen LogP contribution is 2.31. The van der Waals surface area contributed by atoms with Gasteiger partial charge >= 0.3 is 11.9 Å². The maximum Gasteiger partial charge on any atom is 0.314 e. The number of aliphatic carboxylic acids is 1. The lowest BCUT2D eigenvalue weighted by atomic mass is 10.0. The maximum atomic E-state index is 11.6. The van der Waals surface area contributed by atoms with Crippen molar-refractivity contribution in [2.24, 2.45) is 11.8 Å². The molecule has 0 spiro atoms. The van der Waals surface area contributed by atoms with Gasteiger partial charge in [-0.15, -0.1) is 0 Å². The molecule has 0 saturated heterocycles. The third-order valence-corrected chi connectivity index (χ3v) is 2.99. The second-order valence-corrected chi connectivity index (χ2v) is 4.16. The van der Waals surface area contributed by atoms with Crippen LogP contribution in [0.3, 0.4) is 0 Å². The quantitative estimate of drug-likeness (QED) is 0.741. The predicted octanol–water partition coefficient (Wildman–Crippen LogP) is 0.983. The van der Waals surface area contributed by atoms with Crippen LogP contribution in [0.4, 0.5) is 0 Å². The van der Waals surface area contributed by atoms with Crippen molar-refractivity contribution in [1.82, 2.24) is 4.90 Å². The largest absolute Gasteiger partial charge is 0.481 e. The van der Waals surface area contributed by atoms with Crippen molar-refractivity contribution >= 4 is 11.9 Å². The van der Waals surface area contributed by atoms with E-state index in [0.717, 1.165) is 5.70 Å². The van der Waals surface area contributed by atoms with Gasteiger partial charge in [-0.2, -0.15) is 0 Å². The van der Waals surface area contributed by atoms with Gasteiger partial charge < -0.3 is 14.7 Å². The van der Waals surface area contributed by atoms with Crippen LogP contribution in [0.25, 0.3) is 0 Å². The molecule has 0 aromatic heterocycles. The number of hydrogen-bond donors (Lipinski definition) is 1. The molecule has 2 atom stereocenters. The lowest BCUT2D eigenvalue weighted by Crippen LogP contribution is -2.26. The Balaban J connectivity index is 2.07. The van der Waals surface area contributed by atoms with E-state index in [1.165, 1.54) is 0 Å². The molecule has 0 radical (unpaired) electrons. The molecular formula is C12H15NO4. The monoisotopic (exact) mass is 237 g/mol. The standard InChI is InChI=1S/C12H15NO4/c1-2-17-12(16)9-6-10-5-8(11(14)15)3-4-13(10)7-9/h3-4,6,8-9H,2,5,7H2,1H3,(H,14,15)/t8?,9-/m0/s1. The van der Waals surface area contributed by atoms with E-state index < -0.39 is 11.9 Å². The van der Waals surface area contributed by atoms with E-state index in [-0.39, 0.29) is 11.9 Å². The van der Waals surface area contributed by atoms with Crippen molar-refractivity contribution in [3.63, 3.8) is 0 Å². The van der Waals surface area contributed by atoms with E-state index in [1.807, 2.05) is 11.0 Å². The molecule has 92 valence electrons. The number of nitrogens with zero attached hydrogens (tertiary/aromatic N) is 1. The number of ether oxygens (including phenoxy) is 1. The molecule has 0 fully saturated rings. The number of allylic oxidation sites excluding steroid dienone is 1. The molecule has 2 aliphatic rings. The van der Waals surface area contributed by atoms with Gasteiger partial charge in [0.1, 0.15) is 0 Å². The van der Waals surface area contributed by atoms with Gasteiger partial charge in [0.25, 0.3) is 0 Å². The normalized spacial score (nSPS) is 26.4. The topological polar surface area (TPSA) is 66.8 Å². The van der Waals surface area contributed by atoms with Crippen LogP contribution in [0.1, 0.15) is 13.3 Å². The summed E-state index contributed by atoms with van der Waals surface area (Å²) >= 11 is 0. The van der Waals surface area contributed by atoms with Crippen LogP contribution in [0.15, 0.2) is 24.0 Å². The summed E-state index contributed by atoms with van der Waals surface area (Å²) in [5, 5.41) is 8.93. The Kier molecular flexibility index (Phi) is 3.17. The Hall–Kier alpha value is -1.78. The van der Waals surface area contributed by atoms with Crippen LogP contribution in [-0.4, -0.2) is 35.1 Å². The lowest BCUT2D eigenvalue weighted by Gasteiger charge is -2.24. The van der Waals surface area contributed by atoms with E-state index in [4.69, 9.17) is 9.84 Å². The van der Waals surface area contributed by atoms with E-state index in [1.54, 1.807) is 19.2 Å². The molecule has 0 saturated carbocycles. The second kappa shape index (κ2) is 4.61. The SMILES string of the molecule is CCOC(=O)[C@H]1C=C2CC(C(=O)O)C=CN2C1. The smallest absolute Gasteiger partial charge is 0.314 e. The fourth-order valence-electron chi connectivity index (χ4n) is 2.11. The number of fused-ring (bicyclic) bond motifs is 1. The van der Waals surface area contributed by atoms with Crippen molar-refractivity contribution in [3.05, 3.63) is 24.0 Å². The van der Waals surface area contributed by atoms with Crippen molar-refractivity contribution in [2.75, 3.05) is 13.2 Å². The molecule has 5 nitrogen and oxygen atoms in total. The number of esters is 1. The Morgan fingerprint density at radius 2 is 2.29 bits per heavy atom. The Bertz CT molecular complexity index is 399. The summed E-state index contributed by atoms with van der Waals surface area (Å²) < 4.78 is 4.96. The van der Waals surface area contributed by atoms with Gasteiger partial charge in [0.05, 0.1) is 18.4 Å². The van der Waals surface area contributed by atoms with Crippen LogP contribution in [0.2, 0.25) is 0 Å².